The number of carboxylic acid groups (broad SMARTS) is 1. The fraction of sp³-hybridized carbons (Fsp3) is 0.357. The number of rotatable bonds is 3. The summed E-state index contributed by atoms with van der Waals surface area (Å²) in [5.74, 6) is -1.78. The lowest BCUT2D eigenvalue weighted by molar-refractivity contribution is 0.0696. The molecule has 0 fully saturated rings. The van der Waals surface area contributed by atoms with Gasteiger partial charge in [0, 0.05) is 5.56 Å². The summed E-state index contributed by atoms with van der Waals surface area (Å²) in [6.07, 6.45) is 1.48. The third kappa shape index (κ3) is 3.20. The Morgan fingerprint density at radius 1 is 1.40 bits per heavy atom. The number of carboxylic acids is 1. The highest BCUT2D eigenvalue weighted by atomic mass is 19.1. The van der Waals surface area contributed by atoms with Crippen LogP contribution in [0.3, 0.4) is 0 Å². The van der Waals surface area contributed by atoms with Crippen molar-refractivity contribution in [3.05, 3.63) is 35.8 Å². The quantitative estimate of drug-likeness (QED) is 0.936. The Labute approximate surface area is 116 Å². The Kier molecular flexibility index (Phi) is 3.57. The average Bonchev–Trinajstić information content (AvgIpc) is 2.74. The van der Waals surface area contributed by atoms with Gasteiger partial charge in [0.25, 0.3) is 0 Å². The lowest BCUT2D eigenvalue weighted by Gasteiger charge is -2.16. The van der Waals surface area contributed by atoms with Gasteiger partial charge in [-0.15, -0.1) is 0 Å². The second-order valence-corrected chi connectivity index (χ2v) is 5.82. The first-order valence-electron chi connectivity index (χ1n) is 6.20. The topological polar surface area (TPSA) is 68.0 Å². The number of benzene rings is 1. The molecular weight excluding hydrogens is 261 g/mol. The number of aromatic carboxylic acids is 1. The molecule has 1 aromatic carbocycles. The molecule has 0 amide bonds. The largest absolute Gasteiger partial charge is 0.478 e. The van der Waals surface area contributed by atoms with Crippen LogP contribution in [0.15, 0.2) is 24.4 Å². The third-order valence-corrected chi connectivity index (χ3v) is 2.64. The highest BCUT2D eigenvalue weighted by molar-refractivity contribution is 5.88. The van der Waals surface area contributed by atoms with E-state index in [4.69, 9.17) is 5.11 Å². The molecule has 0 aliphatic rings. The van der Waals surface area contributed by atoms with Crippen molar-refractivity contribution >= 4 is 5.97 Å². The average molecular weight is 277 g/mol. The Bertz CT molecular complexity index is 644. The first kappa shape index (κ1) is 14.2. The van der Waals surface area contributed by atoms with Crippen LogP contribution < -0.4 is 0 Å². The molecule has 0 aliphatic carbocycles. The van der Waals surface area contributed by atoms with E-state index in [0.29, 0.717) is 12.2 Å². The van der Waals surface area contributed by atoms with Crippen molar-refractivity contribution in [1.29, 1.82) is 0 Å². The summed E-state index contributed by atoms with van der Waals surface area (Å²) in [4.78, 5) is 12.3. The van der Waals surface area contributed by atoms with Crippen LogP contribution in [0.1, 0.15) is 31.1 Å². The summed E-state index contributed by atoms with van der Waals surface area (Å²) in [5.41, 5.74) is 0.564. The molecular formula is C14H16FN3O2. The van der Waals surface area contributed by atoms with Gasteiger partial charge in [0.05, 0.1) is 18.3 Å². The second kappa shape index (κ2) is 5.03. The van der Waals surface area contributed by atoms with Crippen molar-refractivity contribution in [3.63, 3.8) is 0 Å². The molecule has 0 saturated heterocycles. The van der Waals surface area contributed by atoms with Crippen LogP contribution in [0, 0.1) is 11.2 Å². The van der Waals surface area contributed by atoms with Gasteiger partial charge >= 0.3 is 5.97 Å². The van der Waals surface area contributed by atoms with Crippen LogP contribution in [-0.2, 0) is 6.54 Å². The van der Waals surface area contributed by atoms with Crippen LogP contribution in [0.4, 0.5) is 4.39 Å². The zero-order valence-electron chi connectivity index (χ0n) is 11.6. The van der Waals surface area contributed by atoms with Crippen molar-refractivity contribution in [2.75, 3.05) is 0 Å². The summed E-state index contributed by atoms with van der Waals surface area (Å²) in [5, 5.41) is 17.1. The lowest BCUT2D eigenvalue weighted by atomic mass is 9.97. The summed E-state index contributed by atoms with van der Waals surface area (Å²) in [6.45, 7) is 6.77. The van der Waals surface area contributed by atoms with Crippen molar-refractivity contribution < 1.29 is 14.3 Å². The number of carbonyl (C=O) groups is 1. The minimum absolute atomic E-state index is 0.0159. The Morgan fingerprint density at radius 3 is 2.65 bits per heavy atom. The van der Waals surface area contributed by atoms with Gasteiger partial charge in [-0.25, -0.2) is 9.18 Å². The smallest absolute Gasteiger partial charge is 0.335 e. The van der Waals surface area contributed by atoms with Crippen LogP contribution in [0.2, 0.25) is 0 Å². The molecule has 0 spiro atoms. The van der Waals surface area contributed by atoms with E-state index in [-0.39, 0.29) is 16.5 Å². The van der Waals surface area contributed by atoms with Crippen LogP contribution in [0.25, 0.3) is 11.3 Å². The van der Waals surface area contributed by atoms with E-state index in [1.54, 1.807) is 0 Å². The van der Waals surface area contributed by atoms with Gasteiger partial charge in [-0.05, 0) is 23.6 Å². The van der Waals surface area contributed by atoms with E-state index >= 15 is 0 Å². The van der Waals surface area contributed by atoms with Gasteiger partial charge in [0.15, 0.2) is 0 Å². The minimum Gasteiger partial charge on any atom is -0.478 e. The van der Waals surface area contributed by atoms with Crippen molar-refractivity contribution in [2.45, 2.75) is 27.3 Å². The van der Waals surface area contributed by atoms with Gasteiger partial charge in [-0.3, -0.25) is 0 Å². The molecule has 0 unspecified atom stereocenters. The normalized spacial score (nSPS) is 11.6. The molecule has 0 saturated carbocycles. The van der Waals surface area contributed by atoms with E-state index in [1.165, 1.54) is 23.1 Å². The molecule has 0 aliphatic heterocycles. The van der Waals surface area contributed by atoms with Gasteiger partial charge in [0.1, 0.15) is 11.5 Å². The molecule has 2 rings (SSSR count). The highest BCUT2D eigenvalue weighted by Gasteiger charge is 2.16. The Hall–Kier alpha value is -2.24. The number of hydrogen-bond donors (Lipinski definition) is 1. The van der Waals surface area contributed by atoms with E-state index in [9.17, 15) is 9.18 Å². The van der Waals surface area contributed by atoms with E-state index in [1.807, 2.05) is 0 Å². The molecule has 6 heteroatoms. The molecule has 0 radical (unpaired) electrons. The fourth-order valence-electron chi connectivity index (χ4n) is 1.78. The number of halogens is 1. The summed E-state index contributed by atoms with van der Waals surface area (Å²) in [7, 11) is 0. The van der Waals surface area contributed by atoms with Gasteiger partial charge < -0.3 is 5.11 Å². The third-order valence-electron chi connectivity index (χ3n) is 2.64. The molecule has 0 bridgehead atoms. The molecule has 1 aromatic heterocycles. The SMILES string of the molecule is CC(C)(C)Cn1ncc(-c2ccc(C(=O)O)cc2F)n1. The molecule has 2 aromatic rings. The van der Waals surface area contributed by atoms with E-state index in [2.05, 4.69) is 31.0 Å². The molecule has 0 atom stereocenters. The van der Waals surface area contributed by atoms with E-state index < -0.39 is 11.8 Å². The van der Waals surface area contributed by atoms with Crippen LogP contribution >= 0.6 is 0 Å². The monoisotopic (exact) mass is 277 g/mol. The fourth-order valence-corrected chi connectivity index (χ4v) is 1.78. The maximum absolute atomic E-state index is 13.9. The minimum atomic E-state index is -1.16. The zero-order valence-corrected chi connectivity index (χ0v) is 11.6. The van der Waals surface area contributed by atoms with Gasteiger partial charge in [-0.2, -0.15) is 15.0 Å². The second-order valence-electron chi connectivity index (χ2n) is 5.82. The predicted molar refractivity (Wildman–Crippen MR) is 71.8 cm³/mol. The van der Waals surface area contributed by atoms with Gasteiger partial charge in [-0.1, -0.05) is 20.8 Å². The summed E-state index contributed by atoms with van der Waals surface area (Å²) >= 11 is 0. The Balaban J connectivity index is 2.31. The van der Waals surface area contributed by atoms with Crippen molar-refractivity contribution in [2.24, 2.45) is 5.41 Å². The summed E-state index contributed by atoms with van der Waals surface area (Å²) in [6, 6.07) is 3.74. The molecule has 106 valence electrons. The Morgan fingerprint density at radius 2 is 2.10 bits per heavy atom. The summed E-state index contributed by atoms with van der Waals surface area (Å²) < 4.78 is 13.9. The standard InChI is InChI=1S/C14H16FN3O2/c1-14(2,3)8-18-16-7-12(17-18)10-5-4-9(13(19)20)6-11(10)15/h4-7H,8H2,1-3H3,(H,19,20). The van der Waals surface area contributed by atoms with Crippen LogP contribution in [-0.4, -0.2) is 26.1 Å². The first-order valence-corrected chi connectivity index (χ1v) is 6.20. The van der Waals surface area contributed by atoms with E-state index in [0.717, 1.165) is 6.07 Å². The highest BCUT2D eigenvalue weighted by Crippen LogP contribution is 2.22. The molecule has 5 nitrogen and oxygen atoms in total. The van der Waals surface area contributed by atoms with Crippen molar-refractivity contribution in [1.82, 2.24) is 15.0 Å². The number of nitrogens with zero attached hydrogens (tertiary/aromatic N) is 3. The lowest BCUT2D eigenvalue weighted by Crippen LogP contribution is -2.17. The number of hydrogen-bond acceptors (Lipinski definition) is 3. The molecule has 20 heavy (non-hydrogen) atoms. The number of aromatic nitrogens is 3. The molecule has 1 N–H and O–H groups in total. The van der Waals surface area contributed by atoms with Crippen molar-refractivity contribution in [3.8, 4) is 11.3 Å². The maximum Gasteiger partial charge on any atom is 0.335 e. The zero-order chi connectivity index (χ0) is 14.9. The predicted octanol–water partition coefficient (Wildman–Crippen LogP) is 2.83. The maximum atomic E-state index is 13.9. The van der Waals surface area contributed by atoms with Gasteiger partial charge in [0.2, 0.25) is 0 Å². The molecule has 1 heterocycles. The first-order chi connectivity index (χ1) is 9.26. The van der Waals surface area contributed by atoms with Crippen LogP contribution in [0.5, 0.6) is 0 Å².